The Bertz CT molecular complexity index is 1660. The first-order valence-corrected chi connectivity index (χ1v) is 18.1. The van der Waals surface area contributed by atoms with E-state index in [1.807, 2.05) is 43.4 Å². The van der Waals surface area contributed by atoms with Crippen molar-refractivity contribution in [2.75, 3.05) is 61.2 Å². The normalized spacial score (nSPS) is 16.1. The van der Waals surface area contributed by atoms with Crippen molar-refractivity contribution >= 4 is 46.6 Å². The Morgan fingerprint density at radius 1 is 0.882 bits per heavy atom. The molecular weight excluding hydrogens is 687 g/mol. The Morgan fingerprint density at radius 2 is 1.49 bits per heavy atom. The number of hydrogen-bond donors (Lipinski definition) is 0. The van der Waals surface area contributed by atoms with E-state index in [2.05, 4.69) is 86.8 Å². The summed E-state index contributed by atoms with van der Waals surface area (Å²) in [5.41, 5.74) is 4.35. The lowest BCUT2D eigenvalue weighted by Gasteiger charge is -2.38. The minimum absolute atomic E-state index is 0.329. The fourth-order valence-corrected chi connectivity index (χ4v) is 6.04. The molecule has 1 atom stereocenters. The fourth-order valence-electron chi connectivity index (χ4n) is 5.54. The molecule has 13 heteroatoms. The first-order chi connectivity index (χ1) is 24.8. The molecular formula is C38H50Cl2N8O3. The summed E-state index contributed by atoms with van der Waals surface area (Å²) >= 11 is 11.7. The number of benzene rings is 3. The van der Waals surface area contributed by atoms with Gasteiger partial charge in [-0.2, -0.15) is 20.1 Å². The smallest absolute Gasteiger partial charge is 0.185 e. The Balaban J connectivity index is 0.000000226. The van der Waals surface area contributed by atoms with Crippen LogP contribution in [0, 0.1) is 0 Å². The molecule has 4 aromatic rings. The summed E-state index contributed by atoms with van der Waals surface area (Å²) in [4.78, 5) is 8.39. The van der Waals surface area contributed by atoms with Crippen molar-refractivity contribution in [3.05, 3.63) is 107 Å². The minimum Gasteiger partial charge on any atom is -0.495 e. The van der Waals surface area contributed by atoms with Crippen molar-refractivity contribution < 1.29 is 14.2 Å². The number of nitrogens with zero attached hydrogens (tertiary/aromatic N) is 8. The van der Waals surface area contributed by atoms with E-state index in [0.29, 0.717) is 29.3 Å². The summed E-state index contributed by atoms with van der Waals surface area (Å²) in [5.74, 6) is 1.84. The number of anilines is 3. The SMILES string of the molecule is C=C1N(c2ccc(N3CCN(c4ccccc4OC)CC3)cc2)C=NN1C(C)CC.CC.Clc1ccc(C2OCCO2)c(Cl)c1.Cn1nccn1. The molecule has 11 nitrogen and oxygen atoms in total. The molecule has 0 radical (unpaired) electrons. The van der Waals surface area contributed by atoms with Gasteiger partial charge in [-0.15, -0.1) is 0 Å². The van der Waals surface area contributed by atoms with Gasteiger partial charge in [0, 0.05) is 55.2 Å². The molecule has 0 aliphatic carbocycles. The number of halogens is 2. The van der Waals surface area contributed by atoms with Crippen LogP contribution in [0.1, 0.15) is 46.0 Å². The van der Waals surface area contributed by atoms with Crippen LogP contribution in [0.3, 0.4) is 0 Å². The number of para-hydroxylation sites is 2. The van der Waals surface area contributed by atoms with Gasteiger partial charge in [0.1, 0.15) is 17.9 Å². The highest BCUT2D eigenvalue weighted by atomic mass is 35.5. The molecule has 1 unspecified atom stereocenters. The second-order valence-electron chi connectivity index (χ2n) is 11.5. The first-order valence-electron chi connectivity index (χ1n) is 17.3. The number of methoxy groups -OCH3 is 1. The van der Waals surface area contributed by atoms with E-state index in [1.165, 1.54) is 16.2 Å². The lowest BCUT2D eigenvalue weighted by Crippen LogP contribution is -2.46. The predicted molar refractivity (Wildman–Crippen MR) is 209 cm³/mol. The summed E-state index contributed by atoms with van der Waals surface area (Å²) in [5, 5.41) is 15.2. The molecule has 0 N–H and O–H groups in total. The highest BCUT2D eigenvalue weighted by Crippen LogP contribution is 2.32. The van der Waals surface area contributed by atoms with E-state index in [0.717, 1.165) is 55.4 Å². The van der Waals surface area contributed by atoms with Crippen molar-refractivity contribution in [3.8, 4) is 5.75 Å². The van der Waals surface area contributed by atoms with Gasteiger partial charge in [-0.05, 0) is 61.9 Å². The van der Waals surface area contributed by atoms with Gasteiger partial charge < -0.3 is 24.0 Å². The van der Waals surface area contributed by atoms with Gasteiger partial charge in [-0.1, -0.05) is 68.8 Å². The van der Waals surface area contributed by atoms with Crippen LogP contribution in [0.15, 0.2) is 96.6 Å². The number of piperazine rings is 1. The standard InChI is InChI=1S/C24H31N5O.C9H8Cl2O2.C3H5N3.C2H6/c1-5-19(2)29-20(3)28(18-25-29)22-12-10-21(11-13-22)26-14-16-27(17-15-26)23-8-6-7-9-24(23)30-4;10-6-1-2-7(8(11)5-6)9-12-3-4-13-9;1-6-4-2-3-5-6;1-2/h6-13,18-19H,3,5,14-17H2,1-2,4H3;1-2,5,9H,3-4H2;2-3H,1H3;1-2H3. The molecule has 2 saturated heterocycles. The van der Waals surface area contributed by atoms with Gasteiger partial charge >= 0.3 is 0 Å². The average Bonchev–Trinajstić information content (AvgIpc) is 3.96. The van der Waals surface area contributed by atoms with Crippen molar-refractivity contribution in [1.29, 1.82) is 0 Å². The van der Waals surface area contributed by atoms with Crippen LogP contribution in [0.5, 0.6) is 5.75 Å². The largest absolute Gasteiger partial charge is 0.495 e. The third-order valence-electron chi connectivity index (χ3n) is 8.41. The van der Waals surface area contributed by atoms with E-state index in [9.17, 15) is 0 Å². The fraction of sp³-hybridized carbons (Fsp3) is 0.395. The van der Waals surface area contributed by atoms with Crippen LogP contribution < -0.4 is 19.4 Å². The minimum atomic E-state index is -0.329. The van der Waals surface area contributed by atoms with Gasteiger partial charge in [-0.25, -0.2) is 5.01 Å². The summed E-state index contributed by atoms with van der Waals surface area (Å²) in [6, 6.07) is 22.6. The Kier molecular flexibility index (Phi) is 15.4. The monoisotopic (exact) mass is 736 g/mol. The molecule has 0 saturated carbocycles. The zero-order valence-corrected chi connectivity index (χ0v) is 32.0. The molecule has 51 heavy (non-hydrogen) atoms. The van der Waals surface area contributed by atoms with Crippen molar-refractivity contribution in [2.24, 2.45) is 12.1 Å². The van der Waals surface area contributed by atoms with Crippen LogP contribution >= 0.6 is 23.2 Å². The molecule has 3 aromatic carbocycles. The average molecular weight is 738 g/mol. The van der Waals surface area contributed by atoms with Crippen LogP contribution in [0.2, 0.25) is 10.0 Å². The molecule has 4 heterocycles. The number of hydrazone groups is 1. The lowest BCUT2D eigenvalue weighted by atomic mass is 10.2. The van der Waals surface area contributed by atoms with E-state index in [-0.39, 0.29) is 6.29 Å². The second-order valence-corrected chi connectivity index (χ2v) is 12.4. The molecule has 0 bridgehead atoms. The van der Waals surface area contributed by atoms with Crippen molar-refractivity contribution in [3.63, 3.8) is 0 Å². The molecule has 2 fully saturated rings. The van der Waals surface area contributed by atoms with Crippen LogP contribution in [-0.4, -0.2) is 78.9 Å². The van der Waals surface area contributed by atoms with Crippen molar-refractivity contribution in [2.45, 2.75) is 46.4 Å². The first kappa shape index (κ1) is 39.5. The highest BCUT2D eigenvalue weighted by Gasteiger charge is 2.25. The Hall–Kier alpha value is -4.29. The second kappa shape index (κ2) is 19.9. The van der Waals surface area contributed by atoms with Crippen LogP contribution in [0.4, 0.5) is 17.1 Å². The molecule has 7 rings (SSSR count). The molecule has 3 aliphatic rings. The maximum absolute atomic E-state index is 5.97. The number of ether oxygens (including phenoxy) is 3. The lowest BCUT2D eigenvalue weighted by molar-refractivity contribution is -0.0440. The van der Waals surface area contributed by atoms with Gasteiger partial charge in [0.15, 0.2) is 6.29 Å². The maximum atomic E-state index is 5.97. The Labute approximate surface area is 312 Å². The van der Waals surface area contributed by atoms with Crippen LogP contribution in [-0.2, 0) is 16.5 Å². The Morgan fingerprint density at radius 3 is 2.06 bits per heavy atom. The quantitative estimate of drug-likeness (QED) is 0.186. The molecule has 1 aromatic heterocycles. The van der Waals surface area contributed by atoms with E-state index < -0.39 is 0 Å². The van der Waals surface area contributed by atoms with E-state index in [4.69, 9.17) is 37.4 Å². The van der Waals surface area contributed by atoms with Crippen molar-refractivity contribution in [1.82, 2.24) is 20.0 Å². The zero-order chi connectivity index (χ0) is 36.8. The van der Waals surface area contributed by atoms with E-state index >= 15 is 0 Å². The third kappa shape index (κ3) is 10.6. The molecule has 0 spiro atoms. The summed E-state index contributed by atoms with van der Waals surface area (Å²) < 4.78 is 16.1. The highest BCUT2D eigenvalue weighted by molar-refractivity contribution is 6.35. The summed E-state index contributed by atoms with van der Waals surface area (Å²) in [6.07, 6.45) is 5.84. The van der Waals surface area contributed by atoms with Gasteiger partial charge in [0.2, 0.25) is 0 Å². The third-order valence-corrected chi connectivity index (χ3v) is 8.98. The van der Waals surface area contributed by atoms with Gasteiger partial charge in [-0.3, -0.25) is 4.90 Å². The molecule has 3 aliphatic heterocycles. The van der Waals surface area contributed by atoms with Gasteiger partial charge in [0.05, 0.1) is 49.5 Å². The molecule has 0 amide bonds. The summed E-state index contributed by atoms with van der Waals surface area (Å²) in [7, 11) is 3.51. The zero-order valence-electron chi connectivity index (χ0n) is 30.5. The molecule has 274 valence electrons. The van der Waals surface area contributed by atoms with Crippen LogP contribution in [0.25, 0.3) is 0 Å². The number of rotatable bonds is 7. The van der Waals surface area contributed by atoms with E-state index in [1.54, 1.807) is 38.7 Å². The predicted octanol–water partition coefficient (Wildman–Crippen LogP) is 8.24. The van der Waals surface area contributed by atoms with Gasteiger partial charge in [0.25, 0.3) is 0 Å². The summed E-state index contributed by atoms with van der Waals surface area (Å²) in [6.45, 7) is 17.7. The number of hydrogen-bond acceptors (Lipinski definition) is 10. The topological polar surface area (TPSA) is 83.7 Å². The maximum Gasteiger partial charge on any atom is 0.185 e. The number of aromatic nitrogens is 3. The number of aryl methyl sites for hydroxylation is 1.